The minimum Gasteiger partial charge on any atom is -0.382 e. The maximum atomic E-state index is 5.82. The molecule has 1 atom stereocenters. The molecule has 0 aliphatic rings. The van der Waals surface area contributed by atoms with Crippen molar-refractivity contribution in [3.05, 3.63) is 6.33 Å². The first-order chi connectivity index (χ1) is 8.51. The fourth-order valence-electron chi connectivity index (χ4n) is 2.34. The molecular formula is C12H20N6. The highest BCUT2D eigenvalue weighted by molar-refractivity contribution is 5.82. The molecule has 6 heteroatoms. The van der Waals surface area contributed by atoms with Gasteiger partial charge in [-0.25, -0.2) is 4.98 Å². The van der Waals surface area contributed by atoms with E-state index in [9.17, 15) is 0 Å². The molecule has 0 radical (unpaired) electrons. The Morgan fingerprint density at radius 2 is 2.00 bits per heavy atom. The molecule has 2 aromatic rings. The largest absolute Gasteiger partial charge is 0.382 e. The van der Waals surface area contributed by atoms with Crippen molar-refractivity contribution in [1.29, 1.82) is 0 Å². The summed E-state index contributed by atoms with van der Waals surface area (Å²) < 4.78 is 2.07. The first-order valence-electron chi connectivity index (χ1n) is 6.28. The van der Waals surface area contributed by atoms with Gasteiger partial charge >= 0.3 is 0 Å². The van der Waals surface area contributed by atoms with E-state index in [-0.39, 0.29) is 11.5 Å². The minimum atomic E-state index is -0.0171. The molecule has 0 aliphatic carbocycles. The van der Waals surface area contributed by atoms with Gasteiger partial charge in [0.15, 0.2) is 11.5 Å². The zero-order chi connectivity index (χ0) is 13.3. The molecule has 4 N–H and O–H groups in total. The van der Waals surface area contributed by atoms with Crippen LogP contribution in [0.4, 0.5) is 11.8 Å². The average Bonchev–Trinajstić information content (AvgIpc) is 2.73. The van der Waals surface area contributed by atoms with E-state index in [0.29, 0.717) is 11.3 Å². The summed E-state index contributed by atoms with van der Waals surface area (Å²) in [6.07, 6.45) is 4.93. The number of nitrogen functional groups attached to an aromatic ring is 2. The van der Waals surface area contributed by atoms with Gasteiger partial charge in [-0.2, -0.15) is 9.97 Å². The highest BCUT2D eigenvalue weighted by Crippen LogP contribution is 2.30. The van der Waals surface area contributed by atoms with Gasteiger partial charge in [0.1, 0.15) is 5.52 Å². The average molecular weight is 248 g/mol. The third-order valence-electron chi connectivity index (χ3n) is 3.57. The Kier molecular flexibility index (Phi) is 3.11. The van der Waals surface area contributed by atoms with Crippen LogP contribution in [0.5, 0.6) is 0 Å². The van der Waals surface area contributed by atoms with Crippen LogP contribution in [0.15, 0.2) is 6.33 Å². The first-order valence-corrected chi connectivity index (χ1v) is 6.28. The Morgan fingerprint density at radius 3 is 2.61 bits per heavy atom. The number of rotatable bonds is 4. The van der Waals surface area contributed by atoms with Gasteiger partial charge in [-0.1, -0.05) is 20.3 Å². The first kappa shape index (κ1) is 12.6. The van der Waals surface area contributed by atoms with Crippen LogP contribution in [0.25, 0.3) is 11.2 Å². The van der Waals surface area contributed by atoms with Crippen molar-refractivity contribution < 1.29 is 0 Å². The van der Waals surface area contributed by atoms with E-state index in [1.807, 2.05) is 0 Å². The zero-order valence-electron chi connectivity index (χ0n) is 11.1. The summed E-state index contributed by atoms with van der Waals surface area (Å²) in [4.78, 5) is 12.5. The van der Waals surface area contributed by atoms with Crippen molar-refractivity contribution in [2.45, 2.75) is 45.6 Å². The highest BCUT2D eigenvalue weighted by Gasteiger charge is 2.26. The van der Waals surface area contributed by atoms with Gasteiger partial charge in [0.25, 0.3) is 0 Å². The second-order valence-electron chi connectivity index (χ2n) is 4.85. The second-order valence-corrected chi connectivity index (χ2v) is 4.85. The monoisotopic (exact) mass is 248 g/mol. The molecule has 0 aliphatic heterocycles. The number of nitrogens with two attached hydrogens (primary N) is 2. The van der Waals surface area contributed by atoms with Crippen LogP contribution in [-0.4, -0.2) is 19.5 Å². The molecule has 0 spiro atoms. The van der Waals surface area contributed by atoms with Crippen LogP contribution in [0.3, 0.4) is 0 Å². The normalized spacial score (nSPS) is 14.8. The maximum Gasteiger partial charge on any atom is 0.224 e. The molecule has 0 saturated carbocycles. The number of anilines is 2. The Hall–Kier alpha value is -1.85. The van der Waals surface area contributed by atoms with Crippen molar-refractivity contribution in [2.75, 3.05) is 11.5 Å². The van der Waals surface area contributed by atoms with E-state index in [1.165, 1.54) is 0 Å². The lowest BCUT2D eigenvalue weighted by molar-refractivity contribution is 0.285. The van der Waals surface area contributed by atoms with Crippen molar-refractivity contribution in [1.82, 2.24) is 19.5 Å². The third-order valence-corrected chi connectivity index (χ3v) is 3.57. The molecule has 18 heavy (non-hydrogen) atoms. The Balaban J connectivity index is 2.64. The lowest BCUT2D eigenvalue weighted by Crippen LogP contribution is -2.28. The fraction of sp³-hybridized carbons (Fsp3) is 0.583. The number of imidazole rings is 1. The summed E-state index contributed by atoms with van der Waals surface area (Å²) in [7, 11) is 0. The van der Waals surface area contributed by atoms with E-state index in [4.69, 9.17) is 11.5 Å². The van der Waals surface area contributed by atoms with E-state index >= 15 is 0 Å². The molecule has 98 valence electrons. The second kappa shape index (κ2) is 4.44. The van der Waals surface area contributed by atoms with E-state index in [1.54, 1.807) is 6.33 Å². The molecule has 0 bridgehead atoms. The van der Waals surface area contributed by atoms with Crippen molar-refractivity contribution >= 4 is 22.9 Å². The fourth-order valence-corrected chi connectivity index (χ4v) is 2.34. The van der Waals surface area contributed by atoms with Crippen LogP contribution in [0.2, 0.25) is 0 Å². The van der Waals surface area contributed by atoms with Gasteiger partial charge in [-0.15, -0.1) is 0 Å². The molecule has 2 aromatic heterocycles. The molecule has 0 aromatic carbocycles. The van der Waals surface area contributed by atoms with Gasteiger partial charge < -0.3 is 16.0 Å². The number of hydrogen-bond donors (Lipinski definition) is 2. The smallest absolute Gasteiger partial charge is 0.224 e. The quantitative estimate of drug-likeness (QED) is 0.861. The molecular weight excluding hydrogens is 228 g/mol. The molecule has 1 unspecified atom stereocenters. The van der Waals surface area contributed by atoms with Crippen LogP contribution >= 0.6 is 0 Å². The zero-order valence-corrected chi connectivity index (χ0v) is 11.1. The number of hydrogen-bond acceptors (Lipinski definition) is 5. The third kappa shape index (κ3) is 1.87. The van der Waals surface area contributed by atoms with Crippen LogP contribution in [-0.2, 0) is 5.54 Å². The van der Waals surface area contributed by atoms with Crippen LogP contribution in [0, 0.1) is 0 Å². The lowest BCUT2D eigenvalue weighted by atomic mass is 9.93. The van der Waals surface area contributed by atoms with E-state index in [2.05, 4.69) is 40.3 Å². The van der Waals surface area contributed by atoms with Crippen molar-refractivity contribution in [2.24, 2.45) is 0 Å². The van der Waals surface area contributed by atoms with Gasteiger partial charge in [-0.05, 0) is 19.8 Å². The molecule has 6 nitrogen and oxygen atoms in total. The lowest BCUT2D eigenvalue weighted by Gasteiger charge is -2.30. The van der Waals surface area contributed by atoms with Gasteiger partial charge in [0.05, 0.1) is 6.33 Å². The molecule has 2 heterocycles. The molecule has 2 rings (SSSR count). The summed E-state index contributed by atoms with van der Waals surface area (Å²) in [5.74, 6) is 0.530. The van der Waals surface area contributed by atoms with Gasteiger partial charge in [0.2, 0.25) is 5.95 Å². The maximum absolute atomic E-state index is 5.82. The summed E-state index contributed by atoms with van der Waals surface area (Å²) >= 11 is 0. The minimum absolute atomic E-state index is 0.0171. The molecule has 0 fully saturated rings. The standard InChI is InChI=1S/C12H20N6/c1-4-6-12(3,5-2)18-7-15-8-9(13)16-11(14)17-10(8)18/h7H,4-6H2,1-3H3,(H4,13,14,16,17). The Morgan fingerprint density at radius 1 is 1.28 bits per heavy atom. The van der Waals surface area contributed by atoms with Gasteiger partial charge in [0, 0.05) is 5.54 Å². The predicted octanol–water partition coefficient (Wildman–Crippen LogP) is 1.92. The SMILES string of the molecule is CCCC(C)(CC)n1cnc2c(N)nc(N)nc21. The predicted molar refractivity (Wildman–Crippen MR) is 73.0 cm³/mol. The van der Waals surface area contributed by atoms with Crippen LogP contribution < -0.4 is 11.5 Å². The van der Waals surface area contributed by atoms with Crippen molar-refractivity contribution in [3.8, 4) is 0 Å². The Labute approximate surface area is 106 Å². The highest BCUT2D eigenvalue weighted by atomic mass is 15.2. The molecule has 0 amide bonds. The van der Waals surface area contributed by atoms with Crippen LogP contribution in [0.1, 0.15) is 40.0 Å². The Bertz CT molecular complexity index is 561. The summed E-state index contributed by atoms with van der Waals surface area (Å²) in [6, 6.07) is 0. The number of fused-ring (bicyclic) bond motifs is 1. The summed E-state index contributed by atoms with van der Waals surface area (Å²) in [5, 5.41) is 0. The summed E-state index contributed by atoms with van der Waals surface area (Å²) in [6.45, 7) is 6.53. The number of aromatic nitrogens is 4. The molecule has 0 saturated heterocycles. The van der Waals surface area contributed by atoms with Crippen molar-refractivity contribution in [3.63, 3.8) is 0 Å². The number of nitrogens with zero attached hydrogens (tertiary/aromatic N) is 4. The van der Waals surface area contributed by atoms with Gasteiger partial charge in [-0.3, -0.25) is 0 Å². The van der Waals surface area contributed by atoms with E-state index < -0.39 is 0 Å². The topological polar surface area (TPSA) is 95.6 Å². The summed E-state index contributed by atoms with van der Waals surface area (Å²) in [5.41, 5.74) is 12.8. The van der Waals surface area contributed by atoms with E-state index in [0.717, 1.165) is 24.9 Å².